The maximum Gasteiger partial charge on any atom is 0.302 e. The molecule has 0 radical (unpaired) electrons. The summed E-state index contributed by atoms with van der Waals surface area (Å²) in [5.74, 6) is 0.551. The van der Waals surface area contributed by atoms with E-state index in [1.807, 2.05) is 0 Å². The lowest BCUT2D eigenvalue weighted by Gasteiger charge is -2.62. The highest BCUT2D eigenvalue weighted by molar-refractivity contribution is 5.65. The third-order valence-electron chi connectivity index (χ3n) is 4.83. The third kappa shape index (κ3) is 1.74. The summed E-state index contributed by atoms with van der Waals surface area (Å²) in [5.41, 5.74) is -0.961. The van der Waals surface area contributed by atoms with Gasteiger partial charge in [0.05, 0.1) is 6.61 Å². The summed E-state index contributed by atoms with van der Waals surface area (Å²) < 4.78 is 19.6. The van der Waals surface area contributed by atoms with Crippen LogP contribution >= 0.6 is 0 Å². The molecule has 0 aromatic heterocycles. The highest BCUT2D eigenvalue weighted by atomic mass is 19.1. The Morgan fingerprint density at radius 2 is 2.19 bits per heavy atom. The summed E-state index contributed by atoms with van der Waals surface area (Å²) in [4.78, 5) is 10.7. The van der Waals surface area contributed by atoms with Gasteiger partial charge in [0.15, 0.2) is 0 Å². The topological polar surface area (TPSA) is 26.3 Å². The van der Waals surface area contributed by atoms with E-state index in [9.17, 15) is 9.18 Å². The molecule has 3 heteroatoms. The van der Waals surface area contributed by atoms with Crippen LogP contribution in [0.15, 0.2) is 0 Å². The molecule has 3 rings (SSSR count). The Balaban J connectivity index is 1.94. The second-order valence-electron chi connectivity index (χ2n) is 5.97. The number of carbonyl (C=O) groups is 1. The van der Waals surface area contributed by atoms with Gasteiger partial charge in [-0.2, -0.15) is 0 Å². The molecule has 92 valence electrons. The van der Waals surface area contributed by atoms with Crippen LogP contribution in [-0.4, -0.2) is 18.2 Å². The predicted octanol–water partition coefficient (Wildman–Crippen LogP) is 3.10. The number of rotatable bonds is 3. The molecule has 2 bridgehead atoms. The number of hydrogen-bond donors (Lipinski definition) is 0. The fraction of sp³-hybridized carbons (Fsp3) is 0.923. The molecule has 0 aliphatic heterocycles. The Morgan fingerprint density at radius 1 is 1.50 bits per heavy atom. The van der Waals surface area contributed by atoms with Crippen molar-refractivity contribution in [2.45, 2.75) is 52.1 Å². The van der Waals surface area contributed by atoms with Gasteiger partial charge in [-0.05, 0) is 36.5 Å². The zero-order valence-corrected chi connectivity index (χ0v) is 10.4. The first-order valence-electron chi connectivity index (χ1n) is 6.18. The molecule has 2 nitrogen and oxygen atoms in total. The van der Waals surface area contributed by atoms with Crippen molar-refractivity contribution in [3.05, 3.63) is 0 Å². The van der Waals surface area contributed by atoms with Gasteiger partial charge >= 0.3 is 5.97 Å². The molecule has 0 spiro atoms. The van der Waals surface area contributed by atoms with E-state index >= 15 is 0 Å². The molecule has 0 aromatic carbocycles. The molecular formula is C13H21FO2. The van der Waals surface area contributed by atoms with Crippen molar-refractivity contribution in [1.82, 2.24) is 0 Å². The summed E-state index contributed by atoms with van der Waals surface area (Å²) in [5, 5.41) is 0. The second-order valence-corrected chi connectivity index (χ2v) is 5.97. The molecule has 0 N–H and O–H groups in total. The first-order chi connectivity index (χ1) is 7.36. The minimum Gasteiger partial charge on any atom is -0.466 e. The Bertz CT molecular complexity index is 298. The SMILES string of the molecule is CC(=O)OCCC1(F)CCC2CC1C2(C)C. The lowest BCUT2D eigenvalue weighted by molar-refractivity contribution is -0.175. The number of fused-ring (bicyclic) bond motifs is 2. The molecular weight excluding hydrogens is 207 g/mol. The van der Waals surface area contributed by atoms with Gasteiger partial charge in [-0.25, -0.2) is 4.39 Å². The minimum atomic E-state index is -1.10. The van der Waals surface area contributed by atoms with Crippen LogP contribution in [0.2, 0.25) is 0 Å². The van der Waals surface area contributed by atoms with E-state index in [-0.39, 0.29) is 23.9 Å². The normalized spacial score (nSPS) is 40.0. The quantitative estimate of drug-likeness (QED) is 0.694. The zero-order valence-electron chi connectivity index (χ0n) is 10.4. The maximum atomic E-state index is 14.8. The summed E-state index contributed by atoms with van der Waals surface area (Å²) in [6, 6.07) is 0. The summed E-state index contributed by atoms with van der Waals surface area (Å²) in [6.45, 7) is 5.94. The van der Waals surface area contributed by atoms with Crippen LogP contribution in [0.4, 0.5) is 4.39 Å². The van der Waals surface area contributed by atoms with E-state index < -0.39 is 5.67 Å². The minimum absolute atomic E-state index is 0.142. The Hall–Kier alpha value is -0.600. The van der Waals surface area contributed by atoms with Crippen LogP contribution in [0.3, 0.4) is 0 Å². The zero-order chi connectivity index (χ0) is 12.0. The lowest BCUT2D eigenvalue weighted by Crippen LogP contribution is -2.59. The van der Waals surface area contributed by atoms with E-state index in [0.29, 0.717) is 18.8 Å². The number of ether oxygens (including phenoxy) is 1. The fourth-order valence-electron chi connectivity index (χ4n) is 3.64. The van der Waals surface area contributed by atoms with Gasteiger partial charge in [0.25, 0.3) is 0 Å². The van der Waals surface area contributed by atoms with Crippen LogP contribution in [-0.2, 0) is 9.53 Å². The fourth-order valence-corrected chi connectivity index (χ4v) is 3.64. The van der Waals surface area contributed by atoms with E-state index in [0.717, 1.165) is 12.8 Å². The van der Waals surface area contributed by atoms with Gasteiger partial charge in [0.2, 0.25) is 0 Å². The average Bonchev–Trinajstić information content (AvgIpc) is 2.16. The van der Waals surface area contributed by atoms with Crippen molar-refractivity contribution < 1.29 is 13.9 Å². The van der Waals surface area contributed by atoms with Crippen LogP contribution in [0.25, 0.3) is 0 Å². The Kier molecular flexibility index (Phi) is 2.75. The maximum absolute atomic E-state index is 14.8. The largest absolute Gasteiger partial charge is 0.466 e. The first kappa shape index (κ1) is 11.9. The molecule has 3 fully saturated rings. The Labute approximate surface area is 96.5 Å². The molecule has 0 amide bonds. The number of carbonyl (C=O) groups excluding carboxylic acids is 1. The van der Waals surface area contributed by atoms with Crippen molar-refractivity contribution in [3.63, 3.8) is 0 Å². The number of halogens is 1. The lowest BCUT2D eigenvalue weighted by atomic mass is 9.44. The van der Waals surface area contributed by atoms with Crippen molar-refractivity contribution in [1.29, 1.82) is 0 Å². The highest BCUT2D eigenvalue weighted by Gasteiger charge is 2.61. The number of alkyl halides is 1. The molecule has 0 heterocycles. The van der Waals surface area contributed by atoms with Crippen molar-refractivity contribution in [2.24, 2.45) is 17.3 Å². The molecule has 3 aliphatic rings. The van der Waals surface area contributed by atoms with Crippen molar-refractivity contribution in [3.8, 4) is 0 Å². The monoisotopic (exact) mass is 228 g/mol. The van der Waals surface area contributed by atoms with Gasteiger partial charge in [0, 0.05) is 13.3 Å². The molecule has 0 aromatic rings. The smallest absolute Gasteiger partial charge is 0.302 e. The average molecular weight is 228 g/mol. The molecule has 16 heavy (non-hydrogen) atoms. The molecule has 3 atom stereocenters. The summed E-state index contributed by atoms with van der Waals surface area (Å²) in [6.07, 6.45) is 3.02. The van der Waals surface area contributed by atoms with Crippen LogP contribution in [0.5, 0.6) is 0 Å². The van der Waals surface area contributed by atoms with Crippen molar-refractivity contribution in [2.75, 3.05) is 6.61 Å². The second kappa shape index (κ2) is 3.71. The molecule has 3 saturated carbocycles. The highest BCUT2D eigenvalue weighted by Crippen LogP contribution is 2.64. The van der Waals surface area contributed by atoms with Gasteiger partial charge in [0.1, 0.15) is 5.67 Å². The van der Waals surface area contributed by atoms with Gasteiger partial charge in [-0.15, -0.1) is 0 Å². The van der Waals surface area contributed by atoms with Crippen molar-refractivity contribution >= 4 is 5.97 Å². The molecule has 3 unspecified atom stereocenters. The third-order valence-corrected chi connectivity index (χ3v) is 4.83. The van der Waals surface area contributed by atoms with E-state index in [1.165, 1.54) is 6.92 Å². The Morgan fingerprint density at radius 3 is 2.69 bits per heavy atom. The molecule has 0 saturated heterocycles. The van der Waals surface area contributed by atoms with Crippen LogP contribution in [0.1, 0.15) is 46.5 Å². The summed E-state index contributed by atoms with van der Waals surface area (Å²) in [7, 11) is 0. The molecule has 3 aliphatic carbocycles. The van der Waals surface area contributed by atoms with E-state index in [1.54, 1.807) is 0 Å². The standard InChI is InChI=1S/C13H21FO2/c1-9(15)16-7-6-13(14)5-4-10-8-11(13)12(10,2)3/h10-11H,4-8H2,1-3H3. The summed E-state index contributed by atoms with van der Waals surface area (Å²) >= 11 is 0. The van der Waals surface area contributed by atoms with Gasteiger partial charge in [-0.3, -0.25) is 4.79 Å². The number of hydrogen-bond acceptors (Lipinski definition) is 2. The van der Waals surface area contributed by atoms with Gasteiger partial charge in [-0.1, -0.05) is 13.8 Å². The van der Waals surface area contributed by atoms with Gasteiger partial charge < -0.3 is 4.74 Å². The van der Waals surface area contributed by atoms with E-state index in [2.05, 4.69) is 13.8 Å². The van der Waals surface area contributed by atoms with E-state index in [4.69, 9.17) is 4.74 Å². The number of esters is 1. The van der Waals surface area contributed by atoms with Crippen LogP contribution < -0.4 is 0 Å². The first-order valence-corrected chi connectivity index (χ1v) is 6.18. The van der Waals surface area contributed by atoms with Crippen LogP contribution in [0, 0.1) is 17.3 Å². The predicted molar refractivity (Wildman–Crippen MR) is 59.7 cm³/mol.